The minimum atomic E-state index is 0.0833. The van der Waals surface area contributed by atoms with Gasteiger partial charge in [-0.25, -0.2) is 0 Å². The van der Waals surface area contributed by atoms with E-state index in [0.29, 0.717) is 12.6 Å². The van der Waals surface area contributed by atoms with Gasteiger partial charge in [0.25, 0.3) is 0 Å². The third kappa shape index (κ3) is 5.65. The molecule has 1 saturated heterocycles. The number of nitrogens with two attached hydrogens (primary N) is 1. The third-order valence-electron chi connectivity index (χ3n) is 3.84. The Balaban J connectivity index is 1.74. The largest absolute Gasteiger partial charge is 0.352 e. The van der Waals surface area contributed by atoms with Crippen molar-refractivity contribution in [1.29, 1.82) is 0 Å². The number of carbonyl (C=O) groups is 1. The standard InChI is InChI=1S/C16H24ClN3O/c1-12(9-13-3-2-4-14(17)10-13)19-16(21)11-20-7-5-15(18)6-8-20/h2-4,10,12,15H,5-9,11,18H2,1H3,(H,19,21). The summed E-state index contributed by atoms with van der Waals surface area (Å²) in [5, 5.41) is 3.78. The normalized spacial score (nSPS) is 18.4. The number of likely N-dealkylation sites (tertiary alicyclic amines) is 1. The van der Waals surface area contributed by atoms with Crippen LogP contribution in [0.15, 0.2) is 24.3 Å². The predicted molar refractivity (Wildman–Crippen MR) is 86.4 cm³/mol. The molecule has 1 fully saturated rings. The number of hydrogen-bond acceptors (Lipinski definition) is 3. The van der Waals surface area contributed by atoms with Crippen molar-refractivity contribution in [1.82, 2.24) is 10.2 Å². The van der Waals surface area contributed by atoms with Crippen molar-refractivity contribution in [3.8, 4) is 0 Å². The maximum Gasteiger partial charge on any atom is 0.234 e. The van der Waals surface area contributed by atoms with Crippen LogP contribution < -0.4 is 11.1 Å². The quantitative estimate of drug-likeness (QED) is 0.872. The monoisotopic (exact) mass is 309 g/mol. The lowest BCUT2D eigenvalue weighted by molar-refractivity contribution is -0.123. The fraction of sp³-hybridized carbons (Fsp3) is 0.562. The van der Waals surface area contributed by atoms with Gasteiger partial charge in [-0.05, 0) is 43.9 Å². The molecular formula is C16H24ClN3O. The van der Waals surface area contributed by atoms with Crippen molar-refractivity contribution in [3.63, 3.8) is 0 Å². The van der Waals surface area contributed by atoms with Crippen molar-refractivity contribution < 1.29 is 4.79 Å². The van der Waals surface area contributed by atoms with Gasteiger partial charge in [0.2, 0.25) is 5.91 Å². The van der Waals surface area contributed by atoms with Crippen LogP contribution in [0.5, 0.6) is 0 Å². The highest BCUT2D eigenvalue weighted by Crippen LogP contribution is 2.12. The van der Waals surface area contributed by atoms with E-state index in [-0.39, 0.29) is 11.9 Å². The van der Waals surface area contributed by atoms with Gasteiger partial charge in [0.15, 0.2) is 0 Å². The van der Waals surface area contributed by atoms with Crippen molar-refractivity contribution in [2.24, 2.45) is 5.73 Å². The molecule has 0 aromatic heterocycles. The number of nitrogens with zero attached hydrogens (tertiary/aromatic N) is 1. The van der Waals surface area contributed by atoms with E-state index in [4.69, 9.17) is 17.3 Å². The summed E-state index contributed by atoms with van der Waals surface area (Å²) in [6, 6.07) is 8.16. The number of nitrogens with one attached hydrogen (secondary N) is 1. The average Bonchev–Trinajstić information content (AvgIpc) is 2.41. The molecule has 5 heteroatoms. The van der Waals surface area contributed by atoms with Crippen LogP contribution >= 0.6 is 11.6 Å². The number of amides is 1. The van der Waals surface area contributed by atoms with Gasteiger partial charge in [0, 0.05) is 30.2 Å². The highest BCUT2D eigenvalue weighted by molar-refractivity contribution is 6.30. The minimum Gasteiger partial charge on any atom is -0.352 e. The van der Waals surface area contributed by atoms with Crippen molar-refractivity contribution in [2.75, 3.05) is 19.6 Å². The summed E-state index contributed by atoms with van der Waals surface area (Å²) in [7, 11) is 0. The second-order valence-corrected chi connectivity index (χ2v) is 6.35. The molecule has 0 radical (unpaired) electrons. The third-order valence-corrected chi connectivity index (χ3v) is 4.07. The van der Waals surface area contributed by atoms with Crippen molar-refractivity contribution >= 4 is 17.5 Å². The molecule has 21 heavy (non-hydrogen) atoms. The lowest BCUT2D eigenvalue weighted by Gasteiger charge is -2.29. The number of piperidine rings is 1. The zero-order valence-corrected chi connectivity index (χ0v) is 13.3. The number of halogens is 1. The van der Waals surface area contributed by atoms with E-state index in [1.165, 1.54) is 0 Å². The number of carbonyl (C=O) groups excluding carboxylic acids is 1. The topological polar surface area (TPSA) is 58.4 Å². The Labute approximate surface area is 131 Å². The smallest absolute Gasteiger partial charge is 0.234 e. The van der Waals surface area contributed by atoms with Gasteiger partial charge in [-0.3, -0.25) is 9.69 Å². The van der Waals surface area contributed by atoms with Crippen molar-refractivity contribution in [3.05, 3.63) is 34.9 Å². The Morgan fingerprint density at radius 3 is 2.86 bits per heavy atom. The van der Waals surface area contributed by atoms with Gasteiger partial charge >= 0.3 is 0 Å². The van der Waals surface area contributed by atoms with E-state index < -0.39 is 0 Å². The van der Waals surface area contributed by atoms with Crippen LogP contribution in [-0.4, -0.2) is 42.5 Å². The first kappa shape index (κ1) is 16.3. The maximum atomic E-state index is 12.1. The summed E-state index contributed by atoms with van der Waals surface area (Å²) >= 11 is 5.97. The molecule has 116 valence electrons. The molecule has 1 aliphatic heterocycles. The Bertz CT molecular complexity index is 472. The van der Waals surface area contributed by atoms with Crippen LogP contribution in [0.2, 0.25) is 5.02 Å². The maximum absolute atomic E-state index is 12.1. The lowest BCUT2D eigenvalue weighted by Crippen LogP contribution is -2.46. The SMILES string of the molecule is CC(Cc1cccc(Cl)c1)NC(=O)CN1CCC(N)CC1. The average molecular weight is 310 g/mol. The molecule has 2 rings (SSSR count). The van der Waals surface area contributed by atoms with Crippen LogP contribution in [0.1, 0.15) is 25.3 Å². The summed E-state index contributed by atoms with van der Waals surface area (Å²) < 4.78 is 0. The van der Waals surface area contributed by atoms with E-state index in [1.54, 1.807) is 0 Å². The van der Waals surface area contributed by atoms with Crippen LogP contribution in [-0.2, 0) is 11.2 Å². The Kier molecular flexibility index (Phi) is 6.03. The lowest BCUT2D eigenvalue weighted by atomic mass is 10.1. The summed E-state index contributed by atoms with van der Waals surface area (Å²) in [6.45, 7) is 4.31. The van der Waals surface area contributed by atoms with E-state index in [9.17, 15) is 4.79 Å². The van der Waals surface area contributed by atoms with Gasteiger partial charge in [-0.2, -0.15) is 0 Å². The van der Waals surface area contributed by atoms with Crippen LogP contribution in [0.4, 0.5) is 0 Å². The fourth-order valence-electron chi connectivity index (χ4n) is 2.70. The van der Waals surface area contributed by atoms with Gasteiger partial charge in [0.1, 0.15) is 0 Å². The first-order valence-electron chi connectivity index (χ1n) is 7.54. The Hall–Kier alpha value is -1.10. The molecule has 1 amide bonds. The molecule has 1 heterocycles. The number of benzene rings is 1. The van der Waals surface area contributed by atoms with Crippen LogP contribution in [0, 0.1) is 0 Å². The van der Waals surface area contributed by atoms with Crippen LogP contribution in [0.25, 0.3) is 0 Å². The summed E-state index contributed by atoms with van der Waals surface area (Å²) in [5.41, 5.74) is 7.01. The summed E-state index contributed by atoms with van der Waals surface area (Å²) in [4.78, 5) is 14.2. The minimum absolute atomic E-state index is 0.0833. The fourth-order valence-corrected chi connectivity index (χ4v) is 2.92. The van der Waals surface area contributed by atoms with Crippen molar-refractivity contribution in [2.45, 2.75) is 38.3 Å². The summed E-state index contributed by atoms with van der Waals surface area (Å²) in [5.74, 6) is 0.0833. The van der Waals surface area contributed by atoms with Gasteiger partial charge < -0.3 is 11.1 Å². The van der Waals surface area contributed by atoms with Gasteiger partial charge in [0.05, 0.1) is 6.54 Å². The number of hydrogen-bond donors (Lipinski definition) is 2. The van der Waals surface area contributed by atoms with Gasteiger partial charge in [-0.15, -0.1) is 0 Å². The molecule has 4 nitrogen and oxygen atoms in total. The molecule has 1 aromatic carbocycles. The van der Waals surface area contributed by atoms with E-state index in [2.05, 4.69) is 10.2 Å². The predicted octanol–water partition coefficient (Wildman–Crippen LogP) is 1.81. The van der Waals surface area contributed by atoms with Gasteiger partial charge in [-0.1, -0.05) is 23.7 Å². The highest BCUT2D eigenvalue weighted by Gasteiger charge is 2.18. The summed E-state index contributed by atoms with van der Waals surface area (Å²) in [6.07, 6.45) is 2.74. The zero-order chi connectivity index (χ0) is 15.2. The van der Waals surface area contributed by atoms with E-state index in [0.717, 1.165) is 42.9 Å². The molecule has 1 aliphatic rings. The Morgan fingerprint density at radius 1 is 1.48 bits per heavy atom. The molecule has 0 spiro atoms. The second kappa shape index (κ2) is 7.78. The molecule has 1 atom stereocenters. The molecule has 0 aliphatic carbocycles. The van der Waals surface area contributed by atoms with Crippen LogP contribution in [0.3, 0.4) is 0 Å². The van der Waals surface area contributed by atoms with E-state index >= 15 is 0 Å². The highest BCUT2D eigenvalue weighted by atomic mass is 35.5. The Morgan fingerprint density at radius 2 is 2.19 bits per heavy atom. The number of rotatable bonds is 5. The second-order valence-electron chi connectivity index (χ2n) is 5.92. The molecule has 1 unspecified atom stereocenters. The molecule has 1 aromatic rings. The molecule has 0 saturated carbocycles. The van der Waals surface area contributed by atoms with E-state index in [1.807, 2.05) is 31.2 Å². The molecule has 3 N–H and O–H groups in total. The first-order chi connectivity index (χ1) is 10.0. The molecule has 0 bridgehead atoms. The first-order valence-corrected chi connectivity index (χ1v) is 7.92. The zero-order valence-electron chi connectivity index (χ0n) is 12.5. The molecular weight excluding hydrogens is 286 g/mol.